The van der Waals surface area contributed by atoms with Gasteiger partial charge in [-0.05, 0) is 85.4 Å². The molecule has 308 valence electrons. The Morgan fingerprint density at radius 2 is 1.00 bits per heavy atom. The van der Waals surface area contributed by atoms with E-state index in [4.69, 9.17) is 35.0 Å². The molecule has 58 heavy (non-hydrogen) atoms. The molecule has 4 aromatic rings. The number of carbonyl (C=O) groups excluding carboxylic acids is 4. The molecule has 0 amide bonds. The SMILES string of the molecule is O=C(/C=C/C=C/c1ccc2c(c1)OCO2)CCCO.O=C(/C=C/c1ccccc1)CCCO.O=C(CCCO)c1ccc(O)cc1.O=C(CCCO)c1ccccc1. The van der Waals surface area contributed by atoms with Crippen molar-refractivity contribution in [1.29, 1.82) is 0 Å². The molecule has 4 aromatic carbocycles. The number of fused-ring (bicyclic) bond motifs is 1. The van der Waals surface area contributed by atoms with Crippen LogP contribution in [-0.2, 0) is 9.59 Å². The number of phenolic OH excluding ortho intramolecular Hbond substituents is 1. The summed E-state index contributed by atoms with van der Waals surface area (Å²) in [6.45, 7) is 0.502. The van der Waals surface area contributed by atoms with Gasteiger partial charge in [-0.15, -0.1) is 0 Å². The molecule has 0 fully saturated rings. The molecule has 1 aliphatic heterocycles. The second kappa shape index (κ2) is 30.2. The summed E-state index contributed by atoms with van der Waals surface area (Å²) >= 11 is 0. The fourth-order valence-electron chi connectivity index (χ4n) is 4.81. The topological polar surface area (TPSA) is 188 Å². The predicted octanol–water partition coefficient (Wildman–Crippen LogP) is 7.36. The van der Waals surface area contributed by atoms with Gasteiger partial charge in [0, 0.05) is 63.2 Å². The van der Waals surface area contributed by atoms with Gasteiger partial charge in [-0.2, -0.15) is 0 Å². The van der Waals surface area contributed by atoms with E-state index >= 15 is 0 Å². The fraction of sp³-hybridized carbons (Fsp3) is 0.277. The highest BCUT2D eigenvalue weighted by molar-refractivity contribution is 5.96. The van der Waals surface area contributed by atoms with Gasteiger partial charge < -0.3 is 35.0 Å². The third kappa shape index (κ3) is 21.4. The maximum Gasteiger partial charge on any atom is 0.231 e. The number of Topliss-reactive ketones (excluding diaryl/α,β-unsaturated/α-hetero) is 2. The third-order valence-corrected chi connectivity index (χ3v) is 7.91. The molecule has 11 nitrogen and oxygen atoms in total. The molecule has 0 aliphatic carbocycles. The number of aromatic hydroxyl groups is 1. The van der Waals surface area contributed by atoms with Crippen LogP contribution < -0.4 is 9.47 Å². The maximum absolute atomic E-state index is 11.3. The van der Waals surface area contributed by atoms with Crippen molar-refractivity contribution in [2.24, 2.45) is 0 Å². The number of aliphatic hydroxyl groups excluding tert-OH is 4. The van der Waals surface area contributed by atoms with Crippen molar-refractivity contribution in [3.8, 4) is 17.2 Å². The van der Waals surface area contributed by atoms with Crippen LogP contribution >= 0.6 is 0 Å². The largest absolute Gasteiger partial charge is 0.508 e. The highest BCUT2D eigenvalue weighted by Gasteiger charge is 2.12. The van der Waals surface area contributed by atoms with Crippen LogP contribution in [0.2, 0.25) is 0 Å². The summed E-state index contributed by atoms with van der Waals surface area (Å²) in [6, 6.07) is 30.6. The average molecular weight is 795 g/mol. The van der Waals surface area contributed by atoms with Crippen molar-refractivity contribution < 1.29 is 54.2 Å². The van der Waals surface area contributed by atoms with Crippen molar-refractivity contribution in [2.75, 3.05) is 33.2 Å². The van der Waals surface area contributed by atoms with E-state index in [0.717, 1.165) is 28.2 Å². The molecule has 0 atom stereocenters. The first kappa shape index (κ1) is 48.2. The van der Waals surface area contributed by atoms with Crippen molar-refractivity contribution in [3.63, 3.8) is 0 Å². The van der Waals surface area contributed by atoms with E-state index in [2.05, 4.69) is 0 Å². The standard InChI is InChI=1S/C15H16O4.C12H14O2.C10H12O3.C10H12O2/c16-9-3-6-13(17)5-2-1-4-12-7-8-14-15(10-12)19-11-18-14;13-10-4-7-12(14)9-8-11-5-2-1-3-6-11;11-7-1-2-10(13)8-3-5-9(12)6-4-8;11-8-4-7-10(12)9-5-2-1-3-6-9/h1-2,4-5,7-8,10,16H,3,6,9,11H2;1-3,5-6,8-9,13H,4,7,10H2;3-6,11-12H,1-2,7H2;1-3,5-6,11H,4,7-8H2/b4-1+,5-2+;9-8+;;. The molecule has 11 heteroatoms. The zero-order chi connectivity index (χ0) is 42.2. The Balaban J connectivity index is 0.000000272. The number of phenols is 1. The van der Waals surface area contributed by atoms with E-state index in [1.807, 2.05) is 72.8 Å². The fourth-order valence-corrected chi connectivity index (χ4v) is 4.81. The van der Waals surface area contributed by atoms with Crippen LogP contribution in [0.5, 0.6) is 17.2 Å². The Kier molecular flexibility index (Phi) is 25.1. The van der Waals surface area contributed by atoms with E-state index in [0.29, 0.717) is 56.9 Å². The van der Waals surface area contributed by atoms with Gasteiger partial charge in [0.1, 0.15) is 5.75 Å². The first-order chi connectivity index (χ1) is 28.2. The van der Waals surface area contributed by atoms with Crippen molar-refractivity contribution >= 4 is 35.3 Å². The molecule has 1 aliphatic rings. The zero-order valence-corrected chi connectivity index (χ0v) is 32.7. The summed E-state index contributed by atoms with van der Waals surface area (Å²) in [7, 11) is 0. The lowest BCUT2D eigenvalue weighted by atomic mass is 10.1. The van der Waals surface area contributed by atoms with Crippen molar-refractivity contribution in [2.45, 2.75) is 51.4 Å². The lowest BCUT2D eigenvalue weighted by molar-refractivity contribution is -0.115. The van der Waals surface area contributed by atoms with Crippen LogP contribution in [0.15, 0.2) is 127 Å². The average Bonchev–Trinajstić information content (AvgIpc) is 3.74. The first-order valence-corrected chi connectivity index (χ1v) is 19.1. The van der Waals surface area contributed by atoms with Gasteiger partial charge in [0.25, 0.3) is 0 Å². The number of benzene rings is 4. The monoisotopic (exact) mass is 794 g/mol. The summed E-state index contributed by atoms with van der Waals surface area (Å²) in [5.74, 6) is 1.82. The number of carbonyl (C=O) groups is 4. The normalized spacial score (nSPS) is 11.2. The highest BCUT2D eigenvalue weighted by atomic mass is 16.7. The summed E-state index contributed by atoms with van der Waals surface area (Å²) in [4.78, 5) is 45.1. The minimum atomic E-state index is -0.00551. The number of aliphatic hydroxyl groups is 4. The smallest absolute Gasteiger partial charge is 0.231 e. The molecule has 0 aromatic heterocycles. The number of rotatable bonds is 19. The number of hydrogen-bond donors (Lipinski definition) is 5. The summed E-state index contributed by atoms with van der Waals surface area (Å²) < 4.78 is 10.5. The Bertz CT molecular complexity index is 1870. The number of ketones is 4. The first-order valence-electron chi connectivity index (χ1n) is 19.1. The second-order valence-corrected chi connectivity index (χ2v) is 12.6. The van der Waals surface area contributed by atoms with Gasteiger partial charge in [0.05, 0.1) is 0 Å². The number of allylic oxidation sites excluding steroid dienone is 4. The second-order valence-electron chi connectivity index (χ2n) is 12.6. The molecule has 0 spiro atoms. The van der Waals surface area contributed by atoms with Crippen LogP contribution in [0, 0.1) is 0 Å². The third-order valence-electron chi connectivity index (χ3n) is 7.91. The zero-order valence-electron chi connectivity index (χ0n) is 32.7. The van der Waals surface area contributed by atoms with Gasteiger partial charge >= 0.3 is 0 Å². The number of hydrogen-bond acceptors (Lipinski definition) is 11. The summed E-state index contributed by atoms with van der Waals surface area (Å²) in [5.41, 5.74) is 3.30. The molecule has 1 heterocycles. The Morgan fingerprint density at radius 3 is 1.57 bits per heavy atom. The van der Waals surface area contributed by atoms with Gasteiger partial charge in [-0.3, -0.25) is 19.2 Å². The van der Waals surface area contributed by atoms with Gasteiger partial charge in [0.2, 0.25) is 6.79 Å². The van der Waals surface area contributed by atoms with Crippen LogP contribution in [0.3, 0.4) is 0 Å². The van der Waals surface area contributed by atoms with E-state index in [1.54, 1.807) is 48.6 Å². The van der Waals surface area contributed by atoms with Gasteiger partial charge in [0.15, 0.2) is 34.6 Å². The lowest BCUT2D eigenvalue weighted by Crippen LogP contribution is -1.99. The summed E-state index contributed by atoms with van der Waals surface area (Å²) in [5, 5.41) is 43.1. The molecule has 0 saturated carbocycles. The Hall–Kier alpha value is -5.98. The minimum Gasteiger partial charge on any atom is -0.508 e. The van der Waals surface area contributed by atoms with Crippen LogP contribution in [0.25, 0.3) is 12.2 Å². The maximum atomic E-state index is 11.3. The van der Waals surface area contributed by atoms with Crippen LogP contribution in [0.4, 0.5) is 0 Å². The Morgan fingerprint density at radius 1 is 0.500 bits per heavy atom. The molecule has 0 unspecified atom stereocenters. The van der Waals surface area contributed by atoms with E-state index < -0.39 is 0 Å². The Labute approximate surface area is 340 Å². The highest BCUT2D eigenvalue weighted by Crippen LogP contribution is 2.32. The van der Waals surface area contributed by atoms with Gasteiger partial charge in [-0.25, -0.2) is 0 Å². The van der Waals surface area contributed by atoms with E-state index in [1.165, 1.54) is 18.2 Å². The van der Waals surface area contributed by atoms with E-state index in [-0.39, 0.29) is 62.1 Å². The summed E-state index contributed by atoms with van der Waals surface area (Å²) in [6.07, 6.45) is 13.9. The quantitative estimate of drug-likeness (QED) is 0.0363. The minimum absolute atomic E-state index is 0.00551. The predicted molar refractivity (Wildman–Crippen MR) is 225 cm³/mol. The molecule has 0 saturated heterocycles. The molecule has 0 radical (unpaired) electrons. The number of ether oxygens (including phenoxy) is 2. The molecule has 5 N–H and O–H groups in total. The van der Waals surface area contributed by atoms with E-state index in [9.17, 15) is 19.2 Å². The molecular formula is C47H54O11. The van der Waals surface area contributed by atoms with Crippen molar-refractivity contribution in [3.05, 3.63) is 150 Å². The molecular weight excluding hydrogens is 741 g/mol. The molecule has 0 bridgehead atoms. The lowest BCUT2D eigenvalue weighted by Gasteiger charge is -1.99. The van der Waals surface area contributed by atoms with Gasteiger partial charge in [-0.1, -0.05) is 91.0 Å². The van der Waals surface area contributed by atoms with Crippen LogP contribution in [-0.4, -0.2) is 81.9 Å². The molecule has 5 rings (SSSR count). The van der Waals surface area contributed by atoms with Crippen molar-refractivity contribution in [1.82, 2.24) is 0 Å². The van der Waals surface area contributed by atoms with Crippen LogP contribution in [0.1, 0.15) is 83.2 Å².